The highest BCUT2D eigenvalue weighted by Crippen LogP contribution is 2.38. The Morgan fingerprint density at radius 2 is 1.94 bits per heavy atom. The Hall–Kier alpha value is -3.71. The van der Waals surface area contributed by atoms with E-state index in [1.807, 2.05) is 18.2 Å². The van der Waals surface area contributed by atoms with Gasteiger partial charge in [-0.2, -0.15) is 0 Å². The van der Waals surface area contributed by atoms with Crippen molar-refractivity contribution in [3.8, 4) is 22.9 Å². The molecule has 0 radical (unpaired) electrons. The quantitative estimate of drug-likeness (QED) is 0.283. The van der Waals surface area contributed by atoms with Crippen molar-refractivity contribution in [3.63, 3.8) is 0 Å². The summed E-state index contributed by atoms with van der Waals surface area (Å²) in [6.07, 6.45) is 5.80. The van der Waals surface area contributed by atoms with Crippen LogP contribution in [0.2, 0.25) is 0 Å². The molecule has 4 aromatic rings. The molecule has 1 saturated heterocycles. The van der Waals surface area contributed by atoms with Gasteiger partial charge in [0.05, 0.1) is 11.3 Å². The van der Waals surface area contributed by atoms with E-state index >= 15 is 0 Å². The van der Waals surface area contributed by atoms with Gasteiger partial charge in [-0.3, -0.25) is 0 Å². The first-order valence-electron chi connectivity index (χ1n) is 12.8. The summed E-state index contributed by atoms with van der Waals surface area (Å²) >= 11 is 0. The number of aromatic nitrogens is 3. The predicted octanol–water partition coefficient (Wildman–Crippen LogP) is 6.02. The van der Waals surface area contributed by atoms with Crippen LogP contribution in [0.15, 0.2) is 60.9 Å². The molecule has 3 N–H and O–H groups in total. The molecule has 0 bridgehead atoms. The molecule has 0 spiro atoms. The van der Waals surface area contributed by atoms with E-state index in [-0.39, 0.29) is 0 Å². The van der Waals surface area contributed by atoms with E-state index in [2.05, 4.69) is 77.0 Å². The highest BCUT2D eigenvalue weighted by molar-refractivity contribution is 5.98. The zero-order valence-corrected chi connectivity index (χ0v) is 21.2. The number of benzene rings is 2. The molecule has 5 rings (SSSR count). The van der Waals surface area contributed by atoms with Crippen LogP contribution in [0.4, 0.5) is 11.6 Å². The topological polar surface area (TPSA) is 84.0 Å². The van der Waals surface area contributed by atoms with Gasteiger partial charge in [0.25, 0.3) is 0 Å². The lowest BCUT2D eigenvalue weighted by Gasteiger charge is -2.23. The van der Waals surface area contributed by atoms with Gasteiger partial charge in [-0.15, -0.1) is 0 Å². The Labute approximate surface area is 212 Å². The van der Waals surface area contributed by atoms with E-state index in [0.717, 1.165) is 71.5 Å². The molecule has 7 heteroatoms. The number of anilines is 2. The second kappa shape index (κ2) is 10.9. The fourth-order valence-corrected chi connectivity index (χ4v) is 4.54. The van der Waals surface area contributed by atoms with Crippen molar-refractivity contribution in [3.05, 3.63) is 66.5 Å². The zero-order valence-electron chi connectivity index (χ0n) is 21.2. The molecule has 2 aromatic carbocycles. The van der Waals surface area contributed by atoms with E-state index in [0.29, 0.717) is 23.8 Å². The molecule has 0 aliphatic carbocycles. The minimum Gasteiger partial charge on any atom is -0.437 e. The monoisotopic (exact) mass is 482 g/mol. The predicted molar refractivity (Wildman–Crippen MR) is 147 cm³/mol. The number of ether oxygens (including phenoxy) is 1. The van der Waals surface area contributed by atoms with E-state index in [4.69, 9.17) is 9.72 Å². The number of nitrogens with zero attached hydrogens (tertiary/aromatic N) is 3. The Kier molecular flexibility index (Phi) is 7.28. The van der Waals surface area contributed by atoms with Crippen LogP contribution in [0.5, 0.6) is 11.6 Å². The molecular formula is C29H34N6O. The highest BCUT2D eigenvalue weighted by Gasteiger charge is 2.17. The number of fused-ring (bicyclic) bond motifs is 1. The second-order valence-electron chi connectivity index (χ2n) is 9.80. The fourth-order valence-electron chi connectivity index (χ4n) is 4.54. The van der Waals surface area contributed by atoms with Crippen molar-refractivity contribution in [2.75, 3.05) is 30.3 Å². The minimum atomic E-state index is 0.329. The van der Waals surface area contributed by atoms with Crippen molar-refractivity contribution in [2.24, 2.45) is 5.92 Å². The molecule has 1 fully saturated rings. The van der Waals surface area contributed by atoms with Crippen LogP contribution >= 0.6 is 0 Å². The Morgan fingerprint density at radius 1 is 1.03 bits per heavy atom. The van der Waals surface area contributed by atoms with Crippen LogP contribution in [0.25, 0.3) is 22.0 Å². The number of hydrogen-bond donors (Lipinski definition) is 3. The summed E-state index contributed by atoms with van der Waals surface area (Å²) in [5.41, 5.74) is 3.76. The fraction of sp³-hybridized carbons (Fsp3) is 0.345. The molecular weight excluding hydrogens is 448 g/mol. The average molecular weight is 483 g/mol. The summed E-state index contributed by atoms with van der Waals surface area (Å²) in [6, 6.07) is 16.7. The van der Waals surface area contributed by atoms with Crippen LogP contribution in [-0.2, 0) is 0 Å². The maximum absolute atomic E-state index is 6.55. The number of hydrogen-bond acceptors (Lipinski definition) is 7. The third kappa shape index (κ3) is 5.41. The summed E-state index contributed by atoms with van der Waals surface area (Å²) in [4.78, 5) is 13.8. The molecule has 7 nitrogen and oxygen atoms in total. The maximum atomic E-state index is 6.55. The van der Waals surface area contributed by atoms with Gasteiger partial charge >= 0.3 is 0 Å². The molecule has 1 aliphatic heterocycles. The van der Waals surface area contributed by atoms with Gasteiger partial charge in [-0.05, 0) is 62.1 Å². The molecule has 0 amide bonds. The molecule has 36 heavy (non-hydrogen) atoms. The molecule has 2 aromatic heterocycles. The first-order chi connectivity index (χ1) is 17.6. The summed E-state index contributed by atoms with van der Waals surface area (Å²) < 4.78 is 6.55. The lowest BCUT2D eigenvalue weighted by molar-refractivity contribution is 0.466. The Balaban J connectivity index is 1.47. The first-order valence-corrected chi connectivity index (χ1v) is 12.8. The number of nitrogens with one attached hydrogen (secondary N) is 3. The lowest BCUT2D eigenvalue weighted by Crippen LogP contribution is -2.38. The zero-order chi connectivity index (χ0) is 24.9. The van der Waals surface area contributed by atoms with E-state index < -0.39 is 0 Å². The van der Waals surface area contributed by atoms with Crippen LogP contribution in [-0.4, -0.2) is 40.6 Å². The van der Waals surface area contributed by atoms with Gasteiger partial charge in [-0.1, -0.05) is 38.1 Å². The molecule has 1 aliphatic rings. The maximum Gasteiger partial charge on any atom is 0.228 e. The van der Waals surface area contributed by atoms with Gasteiger partial charge < -0.3 is 20.7 Å². The smallest absolute Gasteiger partial charge is 0.228 e. The Morgan fingerprint density at radius 3 is 2.78 bits per heavy atom. The van der Waals surface area contributed by atoms with Gasteiger partial charge in [0.15, 0.2) is 0 Å². The van der Waals surface area contributed by atoms with E-state index in [1.165, 1.54) is 0 Å². The standard InChI is InChI=1S/C29H34N6O/c1-19(2)17-33-25-10-4-8-23-22(25)12-11-20(3)27(23)36-28-24(9-6-15-31-28)26-13-16-32-29(35-26)34-21-7-5-14-30-18-21/h4,6,8-13,15-16,19,21,30,33H,5,7,14,17-18H2,1-3H3,(H,32,34,35). The van der Waals surface area contributed by atoms with Crippen LogP contribution in [0, 0.1) is 12.8 Å². The number of rotatable bonds is 8. The number of piperidine rings is 1. The Bertz CT molecular complexity index is 1330. The van der Waals surface area contributed by atoms with Crippen molar-refractivity contribution in [1.29, 1.82) is 0 Å². The summed E-state index contributed by atoms with van der Waals surface area (Å²) in [7, 11) is 0. The van der Waals surface area contributed by atoms with E-state index in [1.54, 1.807) is 12.4 Å². The SMILES string of the molecule is Cc1ccc2c(NCC(C)C)cccc2c1Oc1ncccc1-c1ccnc(NC2CCCNC2)n1. The molecule has 1 atom stereocenters. The number of aryl methyl sites for hydroxylation is 1. The molecule has 186 valence electrons. The van der Waals surface area contributed by atoms with Gasteiger partial charge in [-0.25, -0.2) is 15.0 Å². The average Bonchev–Trinajstić information content (AvgIpc) is 2.90. The van der Waals surface area contributed by atoms with Gasteiger partial charge in [0.1, 0.15) is 5.75 Å². The highest BCUT2D eigenvalue weighted by atomic mass is 16.5. The summed E-state index contributed by atoms with van der Waals surface area (Å²) in [5.74, 6) is 2.51. The lowest BCUT2D eigenvalue weighted by atomic mass is 10.0. The molecule has 1 unspecified atom stereocenters. The van der Waals surface area contributed by atoms with Crippen molar-refractivity contribution in [2.45, 2.75) is 39.7 Å². The largest absolute Gasteiger partial charge is 0.437 e. The molecule has 0 saturated carbocycles. The van der Waals surface area contributed by atoms with Crippen LogP contribution in [0.1, 0.15) is 32.3 Å². The van der Waals surface area contributed by atoms with E-state index in [9.17, 15) is 0 Å². The van der Waals surface area contributed by atoms with Crippen molar-refractivity contribution < 1.29 is 4.74 Å². The van der Waals surface area contributed by atoms with Crippen LogP contribution in [0.3, 0.4) is 0 Å². The second-order valence-corrected chi connectivity index (χ2v) is 9.80. The first kappa shape index (κ1) is 24.0. The summed E-state index contributed by atoms with van der Waals surface area (Å²) in [6.45, 7) is 9.38. The van der Waals surface area contributed by atoms with Gasteiger partial charge in [0, 0.05) is 48.0 Å². The van der Waals surface area contributed by atoms with Crippen LogP contribution < -0.4 is 20.7 Å². The van der Waals surface area contributed by atoms with Crippen molar-refractivity contribution in [1.82, 2.24) is 20.3 Å². The van der Waals surface area contributed by atoms with Gasteiger partial charge in [0.2, 0.25) is 11.8 Å². The summed E-state index contributed by atoms with van der Waals surface area (Å²) in [5, 5.41) is 12.6. The third-order valence-electron chi connectivity index (χ3n) is 6.44. The van der Waals surface area contributed by atoms with Crippen molar-refractivity contribution >= 4 is 22.4 Å². The number of pyridine rings is 1. The minimum absolute atomic E-state index is 0.329. The third-order valence-corrected chi connectivity index (χ3v) is 6.44. The molecule has 3 heterocycles. The normalized spacial score (nSPS) is 15.7.